The minimum Gasteiger partial charge on any atom is -0.136 e. The lowest BCUT2D eigenvalue weighted by Gasteiger charge is -2.21. The van der Waals surface area contributed by atoms with Gasteiger partial charge in [0.2, 0.25) is 0 Å². The summed E-state index contributed by atoms with van der Waals surface area (Å²) in [6.07, 6.45) is 7.12. The Bertz CT molecular complexity index is 309. The van der Waals surface area contributed by atoms with Crippen molar-refractivity contribution in [1.82, 2.24) is 0 Å². The van der Waals surface area contributed by atoms with Crippen molar-refractivity contribution in [2.24, 2.45) is 0 Å². The highest BCUT2D eigenvalue weighted by atomic mass is 31.0. The third kappa shape index (κ3) is 3.39. The summed E-state index contributed by atoms with van der Waals surface area (Å²) < 4.78 is 0. The fourth-order valence-corrected chi connectivity index (χ4v) is 3.38. The summed E-state index contributed by atoms with van der Waals surface area (Å²) in [4.78, 5) is 0. The zero-order valence-electron chi connectivity index (χ0n) is 9.15. The van der Waals surface area contributed by atoms with Crippen LogP contribution in [-0.4, -0.2) is 0 Å². The van der Waals surface area contributed by atoms with E-state index >= 15 is 0 Å². The first kappa shape index (κ1) is 10.8. The van der Waals surface area contributed by atoms with Crippen molar-refractivity contribution in [2.45, 2.75) is 38.0 Å². The van der Waals surface area contributed by atoms with E-state index in [2.05, 4.69) is 42.2 Å². The van der Waals surface area contributed by atoms with E-state index in [-0.39, 0.29) is 0 Å². The number of hydrogen-bond acceptors (Lipinski definition) is 0. The molecule has 1 aromatic rings. The fraction of sp³-hybridized carbons (Fsp3) is 0.429. The summed E-state index contributed by atoms with van der Waals surface area (Å²) in [5.74, 6) is 3.17. The summed E-state index contributed by atoms with van der Waals surface area (Å²) in [7, 11) is 0.886. The smallest absolute Gasteiger partial charge is 0.0127 e. The molecule has 1 aromatic heterocycles. The van der Waals surface area contributed by atoms with E-state index in [0.717, 1.165) is 14.1 Å². The van der Waals surface area contributed by atoms with Crippen molar-refractivity contribution in [3.63, 3.8) is 0 Å². The first-order chi connectivity index (χ1) is 7.47. The molecule has 15 heavy (non-hydrogen) atoms. The minimum absolute atomic E-state index is 0.865. The minimum atomic E-state index is 0.865. The van der Waals surface area contributed by atoms with Crippen molar-refractivity contribution in [1.29, 1.82) is 0 Å². The third-order valence-electron chi connectivity index (χ3n) is 3.11. The van der Waals surface area contributed by atoms with Crippen LogP contribution in [0.1, 0.15) is 43.3 Å². The van der Waals surface area contributed by atoms with Crippen LogP contribution in [-0.2, 0) is 0 Å². The van der Waals surface area contributed by atoms with Crippen LogP contribution in [0.2, 0.25) is 0 Å². The molecule has 0 aromatic carbocycles. The predicted molar refractivity (Wildman–Crippen MR) is 69.4 cm³/mol. The Hall–Kier alpha value is -0.740. The van der Waals surface area contributed by atoms with Crippen molar-refractivity contribution in [3.05, 3.63) is 47.5 Å². The van der Waals surface area contributed by atoms with Crippen molar-refractivity contribution >= 4 is 8.19 Å². The molecule has 0 radical (unpaired) electrons. The van der Waals surface area contributed by atoms with Gasteiger partial charge < -0.3 is 0 Å². The van der Waals surface area contributed by atoms with Gasteiger partial charge in [-0.05, 0) is 29.9 Å². The first-order valence-corrected chi connectivity index (χ1v) is 7.01. The largest absolute Gasteiger partial charge is 0.136 e. The van der Waals surface area contributed by atoms with E-state index < -0.39 is 0 Å². The van der Waals surface area contributed by atoms with Crippen molar-refractivity contribution < 1.29 is 0 Å². The van der Waals surface area contributed by atoms with Crippen molar-refractivity contribution in [2.75, 3.05) is 0 Å². The van der Waals surface area contributed by atoms with Gasteiger partial charge in [-0.25, -0.2) is 0 Å². The van der Waals surface area contributed by atoms with Crippen LogP contribution < -0.4 is 0 Å². The van der Waals surface area contributed by atoms with Crippen LogP contribution in [0, 0.1) is 0 Å². The van der Waals surface area contributed by atoms with E-state index in [4.69, 9.17) is 0 Å². The molecule has 0 aliphatic heterocycles. The maximum absolute atomic E-state index is 2.34. The normalized spacial score (nSPS) is 17.6. The van der Waals surface area contributed by atoms with Crippen LogP contribution in [0.3, 0.4) is 0 Å². The Morgan fingerprint density at radius 2 is 1.60 bits per heavy atom. The number of hydrogen-bond donors (Lipinski definition) is 0. The van der Waals surface area contributed by atoms with E-state index in [1.165, 1.54) is 32.1 Å². The molecule has 1 aliphatic rings. The van der Waals surface area contributed by atoms with E-state index in [0.29, 0.717) is 0 Å². The summed E-state index contributed by atoms with van der Waals surface area (Å²) in [6, 6.07) is 13.0. The second kappa shape index (κ2) is 5.98. The van der Waals surface area contributed by atoms with E-state index in [9.17, 15) is 0 Å². The summed E-state index contributed by atoms with van der Waals surface area (Å²) in [5.41, 5.74) is 0. The van der Waals surface area contributed by atoms with Gasteiger partial charge in [0, 0.05) is 0 Å². The lowest BCUT2D eigenvalue weighted by atomic mass is 9.88. The molecule has 1 atom stereocenters. The molecule has 0 nitrogen and oxygen atoms in total. The first-order valence-electron chi connectivity index (χ1n) is 5.93. The van der Waals surface area contributed by atoms with Gasteiger partial charge in [0.15, 0.2) is 0 Å². The Labute approximate surface area is 94.1 Å². The maximum atomic E-state index is 2.34. The highest BCUT2D eigenvalue weighted by Gasteiger charge is 2.13. The van der Waals surface area contributed by atoms with Crippen LogP contribution in [0.4, 0.5) is 0 Å². The Morgan fingerprint density at radius 1 is 0.867 bits per heavy atom. The molecule has 0 N–H and O–H groups in total. The quantitative estimate of drug-likeness (QED) is 0.629. The molecule has 1 heterocycles. The molecule has 0 bridgehead atoms. The van der Waals surface area contributed by atoms with Gasteiger partial charge in [-0.2, -0.15) is 0 Å². The maximum Gasteiger partial charge on any atom is -0.0127 e. The van der Waals surface area contributed by atoms with Crippen LogP contribution in [0.5, 0.6) is 0 Å². The molecule has 0 amide bonds. The zero-order chi connectivity index (χ0) is 10.3. The Morgan fingerprint density at radius 3 is 2.47 bits per heavy atom. The molecule has 1 fully saturated rings. The molecule has 0 saturated heterocycles. The van der Waals surface area contributed by atoms with Crippen molar-refractivity contribution in [3.8, 4) is 0 Å². The van der Waals surface area contributed by atoms with Crippen LogP contribution >= 0.6 is 8.19 Å². The predicted octanol–water partition coefficient (Wildman–Crippen LogP) is 4.89. The van der Waals surface area contributed by atoms with Gasteiger partial charge in [-0.15, -0.1) is 8.19 Å². The molecular formula is C14H19P. The molecular weight excluding hydrogens is 199 g/mol. The standard InChI is InChI=1S/C14H19P/c1-2-7-11-14(15-12-8-3-1)13-9-5-4-6-10-13/h1-3,7-8,11-13,15H,4-6,9-10H2. The summed E-state index contributed by atoms with van der Waals surface area (Å²) >= 11 is 0. The second-order valence-corrected chi connectivity index (χ2v) is 5.43. The van der Waals surface area contributed by atoms with Gasteiger partial charge in [0.25, 0.3) is 0 Å². The molecule has 80 valence electrons. The highest BCUT2D eigenvalue weighted by Crippen LogP contribution is 2.35. The lowest BCUT2D eigenvalue weighted by molar-refractivity contribution is 0.448. The zero-order valence-corrected chi connectivity index (χ0v) is 10.2. The average Bonchev–Trinajstić information content (AvgIpc) is 2.43. The molecule has 1 unspecified atom stereocenters. The Kier molecular flexibility index (Phi) is 4.29. The summed E-state index contributed by atoms with van der Waals surface area (Å²) in [5, 5.41) is 1.66. The third-order valence-corrected chi connectivity index (χ3v) is 4.38. The highest BCUT2D eigenvalue weighted by molar-refractivity contribution is 7.30. The monoisotopic (exact) mass is 218 g/mol. The second-order valence-electron chi connectivity index (χ2n) is 4.23. The van der Waals surface area contributed by atoms with Gasteiger partial charge >= 0.3 is 0 Å². The van der Waals surface area contributed by atoms with Gasteiger partial charge in [-0.1, -0.05) is 55.7 Å². The van der Waals surface area contributed by atoms with Gasteiger partial charge in [0.05, 0.1) is 0 Å². The molecule has 0 spiro atoms. The number of rotatable bonds is 1. The summed E-state index contributed by atoms with van der Waals surface area (Å²) in [6.45, 7) is 0. The van der Waals surface area contributed by atoms with Gasteiger partial charge in [0.1, 0.15) is 0 Å². The lowest BCUT2D eigenvalue weighted by Crippen LogP contribution is -2.02. The molecule has 1 saturated carbocycles. The van der Waals surface area contributed by atoms with E-state index in [1.54, 1.807) is 5.30 Å². The Balaban J connectivity index is 2.23. The van der Waals surface area contributed by atoms with Crippen LogP contribution in [0.25, 0.3) is 0 Å². The average molecular weight is 218 g/mol. The SMILES string of the molecule is c1ccc[pH]c(C2CCCCC2)ccc1. The van der Waals surface area contributed by atoms with Gasteiger partial charge in [-0.3, -0.25) is 0 Å². The molecule has 1 heteroatoms. The fourth-order valence-electron chi connectivity index (χ4n) is 2.27. The van der Waals surface area contributed by atoms with Crippen LogP contribution in [0.15, 0.2) is 42.2 Å². The molecule has 1 aliphatic carbocycles. The molecule has 2 rings (SSSR count). The topological polar surface area (TPSA) is 0 Å². The van der Waals surface area contributed by atoms with E-state index in [1.807, 2.05) is 0 Å².